The highest BCUT2D eigenvalue weighted by atomic mass is 32.1. The second-order valence-corrected chi connectivity index (χ2v) is 5.48. The molecule has 0 N–H and O–H groups in total. The van der Waals surface area contributed by atoms with E-state index in [0.29, 0.717) is 11.3 Å². The number of hydrogen-bond acceptors (Lipinski definition) is 6. The van der Waals surface area contributed by atoms with Crippen molar-refractivity contribution in [2.45, 2.75) is 6.92 Å². The van der Waals surface area contributed by atoms with Crippen LogP contribution in [0.1, 0.15) is 11.8 Å². The molecule has 2 aliphatic heterocycles. The molecule has 0 amide bonds. The SMILES string of the molecule is CC1=NOC(=O)/C1=C\c1ccc(N2CCOCC2)s1. The van der Waals surface area contributed by atoms with E-state index in [9.17, 15) is 4.79 Å². The minimum absolute atomic E-state index is 0.376. The summed E-state index contributed by atoms with van der Waals surface area (Å²) < 4.78 is 5.34. The van der Waals surface area contributed by atoms with Gasteiger partial charge in [-0.1, -0.05) is 5.16 Å². The number of hydrogen-bond donors (Lipinski definition) is 0. The Bertz CT molecular complexity index is 556. The van der Waals surface area contributed by atoms with Crippen molar-refractivity contribution in [3.05, 3.63) is 22.6 Å². The fraction of sp³-hybridized carbons (Fsp3) is 0.385. The van der Waals surface area contributed by atoms with Gasteiger partial charge in [-0.2, -0.15) is 0 Å². The smallest absolute Gasteiger partial charge is 0.367 e. The zero-order valence-electron chi connectivity index (χ0n) is 10.6. The van der Waals surface area contributed by atoms with E-state index in [1.54, 1.807) is 18.3 Å². The van der Waals surface area contributed by atoms with E-state index in [1.165, 1.54) is 5.00 Å². The van der Waals surface area contributed by atoms with Crippen molar-refractivity contribution in [2.75, 3.05) is 31.2 Å². The molecule has 3 rings (SSSR count). The third kappa shape index (κ3) is 2.54. The molecule has 0 bridgehead atoms. The van der Waals surface area contributed by atoms with Crippen LogP contribution in [0, 0.1) is 0 Å². The summed E-state index contributed by atoms with van der Waals surface area (Å²) >= 11 is 1.66. The average Bonchev–Trinajstić information content (AvgIpc) is 3.02. The van der Waals surface area contributed by atoms with Crippen molar-refractivity contribution >= 4 is 34.1 Å². The lowest BCUT2D eigenvalue weighted by Gasteiger charge is -2.27. The lowest BCUT2D eigenvalue weighted by molar-refractivity contribution is -0.136. The summed E-state index contributed by atoms with van der Waals surface area (Å²) in [6.07, 6.45) is 1.84. The molecule has 0 radical (unpaired) electrons. The molecule has 6 heteroatoms. The van der Waals surface area contributed by atoms with Gasteiger partial charge >= 0.3 is 5.97 Å². The minimum Gasteiger partial charge on any atom is -0.378 e. The van der Waals surface area contributed by atoms with E-state index in [0.717, 1.165) is 31.2 Å². The van der Waals surface area contributed by atoms with Gasteiger partial charge in [0.15, 0.2) is 0 Å². The zero-order chi connectivity index (χ0) is 13.2. The summed E-state index contributed by atoms with van der Waals surface area (Å²) in [6.45, 7) is 5.14. The van der Waals surface area contributed by atoms with E-state index in [1.807, 2.05) is 12.1 Å². The zero-order valence-corrected chi connectivity index (χ0v) is 11.4. The molecular formula is C13H14N2O3S. The van der Waals surface area contributed by atoms with Gasteiger partial charge in [-0.3, -0.25) is 0 Å². The molecule has 19 heavy (non-hydrogen) atoms. The Hall–Kier alpha value is -1.66. The Morgan fingerprint density at radius 3 is 2.84 bits per heavy atom. The molecule has 0 spiro atoms. The van der Waals surface area contributed by atoms with E-state index in [2.05, 4.69) is 21.0 Å². The van der Waals surface area contributed by atoms with Gasteiger partial charge < -0.3 is 14.5 Å². The predicted molar refractivity (Wildman–Crippen MR) is 74.5 cm³/mol. The first-order valence-corrected chi connectivity index (χ1v) is 6.96. The Balaban J connectivity index is 1.79. The minimum atomic E-state index is -0.376. The third-order valence-corrected chi connectivity index (χ3v) is 4.19. The van der Waals surface area contributed by atoms with Crippen molar-refractivity contribution < 1.29 is 14.4 Å². The Morgan fingerprint density at radius 2 is 2.16 bits per heavy atom. The van der Waals surface area contributed by atoms with Gasteiger partial charge in [0.1, 0.15) is 0 Å². The first-order valence-electron chi connectivity index (χ1n) is 6.14. The summed E-state index contributed by atoms with van der Waals surface area (Å²) in [5, 5.41) is 4.87. The van der Waals surface area contributed by atoms with Crippen LogP contribution in [-0.4, -0.2) is 38.0 Å². The number of ether oxygens (including phenoxy) is 1. The molecule has 1 aromatic heterocycles. The maximum atomic E-state index is 11.5. The second kappa shape index (κ2) is 5.14. The Morgan fingerprint density at radius 1 is 1.37 bits per heavy atom. The molecule has 100 valence electrons. The first kappa shape index (κ1) is 12.4. The highest BCUT2D eigenvalue weighted by molar-refractivity contribution is 7.17. The van der Waals surface area contributed by atoms with Crippen LogP contribution < -0.4 is 4.90 Å². The Kier molecular flexibility index (Phi) is 3.35. The lowest BCUT2D eigenvalue weighted by atomic mass is 10.1. The molecule has 1 saturated heterocycles. The van der Waals surface area contributed by atoms with Gasteiger partial charge in [-0.25, -0.2) is 4.79 Å². The van der Waals surface area contributed by atoms with Gasteiger partial charge in [0, 0.05) is 18.0 Å². The molecular weight excluding hydrogens is 264 g/mol. The van der Waals surface area contributed by atoms with Crippen LogP contribution in [0.25, 0.3) is 6.08 Å². The first-order chi connectivity index (χ1) is 9.24. The van der Waals surface area contributed by atoms with Gasteiger partial charge in [0.05, 0.1) is 29.5 Å². The summed E-state index contributed by atoms with van der Waals surface area (Å²) in [5.41, 5.74) is 1.17. The standard InChI is InChI=1S/C13H14N2O3S/c1-9-11(13(16)18-14-9)8-10-2-3-12(19-10)15-4-6-17-7-5-15/h2-3,8H,4-7H2,1H3/b11-8-. The van der Waals surface area contributed by atoms with Crippen LogP contribution in [0.3, 0.4) is 0 Å². The van der Waals surface area contributed by atoms with Crippen molar-refractivity contribution in [3.63, 3.8) is 0 Å². The van der Waals surface area contributed by atoms with E-state index in [4.69, 9.17) is 4.74 Å². The third-order valence-electron chi connectivity index (χ3n) is 3.10. The van der Waals surface area contributed by atoms with Crippen LogP contribution in [0.4, 0.5) is 5.00 Å². The molecule has 0 unspecified atom stereocenters. The Labute approximate surface area is 115 Å². The van der Waals surface area contributed by atoms with Crippen LogP contribution in [0.5, 0.6) is 0 Å². The summed E-state index contributed by atoms with van der Waals surface area (Å²) in [6, 6.07) is 4.09. The van der Waals surface area contributed by atoms with Crippen LogP contribution >= 0.6 is 11.3 Å². The van der Waals surface area contributed by atoms with Crippen molar-refractivity contribution in [2.24, 2.45) is 5.16 Å². The molecule has 0 atom stereocenters. The van der Waals surface area contributed by atoms with Gasteiger partial charge in [-0.15, -0.1) is 11.3 Å². The monoisotopic (exact) mass is 278 g/mol. The van der Waals surface area contributed by atoms with Gasteiger partial charge in [0.25, 0.3) is 0 Å². The highest BCUT2D eigenvalue weighted by Crippen LogP contribution is 2.29. The predicted octanol–water partition coefficient (Wildman–Crippen LogP) is 1.90. The number of carbonyl (C=O) groups excluding carboxylic acids is 1. The maximum absolute atomic E-state index is 11.5. The van der Waals surface area contributed by atoms with Crippen LogP contribution in [-0.2, 0) is 14.4 Å². The lowest BCUT2D eigenvalue weighted by Crippen LogP contribution is -2.35. The van der Waals surface area contributed by atoms with Crippen LogP contribution in [0.2, 0.25) is 0 Å². The largest absolute Gasteiger partial charge is 0.378 e. The van der Waals surface area contributed by atoms with Crippen molar-refractivity contribution in [1.29, 1.82) is 0 Å². The normalized spacial score (nSPS) is 21.7. The summed E-state index contributed by atoms with van der Waals surface area (Å²) in [7, 11) is 0. The number of morpholine rings is 1. The molecule has 3 heterocycles. The molecule has 5 nitrogen and oxygen atoms in total. The molecule has 0 aromatic carbocycles. The number of thiophene rings is 1. The molecule has 0 aliphatic carbocycles. The van der Waals surface area contributed by atoms with Gasteiger partial charge in [0.2, 0.25) is 0 Å². The van der Waals surface area contributed by atoms with Crippen molar-refractivity contribution in [3.8, 4) is 0 Å². The average molecular weight is 278 g/mol. The fourth-order valence-corrected chi connectivity index (χ4v) is 3.04. The van der Waals surface area contributed by atoms with E-state index in [-0.39, 0.29) is 5.97 Å². The van der Waals surface area contributed by atoms with Crippen LogP contribution in [0.15, 0.2) is 22.9 Å². The van der Waals surface area contributed by atoms with Crippen molar-refractivity contribution in [1.82, 2.24) is 0 Å². The summed E-state index contributed by atoms with van der Waals surface area (Å²) in [4.78, 5) is 19.4. The fourth-order valence-electron chi connectivity index (χ4n) is 2.04. The topological polar surface area (TPSA) is 51.1 Å². The molecule has 1 aromatic rings. The quantitative estimate of drug-likeness (QED) is 0.612. The summed E-state index contributed by atoms with van der Waals surface area (Å²) in [5.74, 6) is -0.376. The molecule has 1 fully saturated rings. The van der Waals surface area contributed by atoms with Gasteiger partial charge in [-0.05, 0) is 25.1 Å². The molecule has 2 aliphatic rings. The van der Waals surface area contributed by atoms with E-state index < -0.39 is 0 Å². The molecule has 0 saturated carbocycles. The number of nitrogens with zero attached hydrogens (tertiary/aromatic N) is 2. The number of anilines is 1. The number of rotatable bonds is 2. The van der Waals surface area contributed by atoms with E-state index >= 15 is 0 Å². The maximum Gasteiger partial charge on any atom is 0.367 e. The second-order valence-electron chi connectivity index (χ2n) is 4.39. The highest BCUT2D eigenvalue weighted by Gasteiger charge is 2.22. The number of oxime groups is 1. The number of carbonyl (C=O) groups is 1.